The molecule has 1 aromatic rings. The summed E-state index contributed by atoms with van der Waals surface area (Å²) in [6.45, 7) is 0. The van der Waals surface area contributed by atoms with Crippen LogP contribution in [-0.2, 0) is 4.74 Å². The van der Waals surface area contributed by atoms with Crippen LogP contribution in [0.1, 0.15) is 6.42 Å². The highest BCUT2D eigenvalue weighted by molar-refractivity contribution is 5.51. The largest absolute Gasteiger partial charge is 0.496 e. The van der Waals surface area contributed by atoms with E-state index < -0.39 is 4.92 Å². The topological polar surface area (TPSA) is 96.9 Å². The van der Waals surface area contributed by atoms with Crippen LogP contribution >= 0.6 is 0 Å². The average Bonchev–Trinajstić information content (AvgIpc) is 2.38. The van der Waals surface area contributed by atoms with Crippen LogP contribution in [0.25, 0.3) is 0 Å². The van der Waals surface area contributed by atoms with Crippen molar-refractivity contribution in [1.82, 2.24) is 0 Å². The fourth-order valence-electron chi connectivity index (χ4n) is 2.09. The Morgan fingerprint density at radius 1 is 1.42 bits per heavy atom. The van der Waals surface area contributed by atoms with Crippen LogP contribution in [0.4, 0.5) is 5.69 Å². The predicted molar refractivity (Wildman–Crippen MR) is 67.5 cm³/mol. The summed E-state index contributed by atoms with van der Waals surface area (Å²) in [7, 11) is 2.99. The number of nitrogens with zero attached hydrogens (tertiary/aromatic N) is 1. The van der Waals surface area contributed by atoms with Gasteiger partial charge in [0.05, 0.1) is 18.1 Å². The van der Waals surface area contributed by atoms with Crippen molar-refractivity contribution in [3.63, 3.8) is 0 Å². The van der Waals surface area contributed by atoms with Gasteiger partial charge in [0.2, 0.25) is 0 Å². The molecule has 3 atom stereocenters. The number of hydrogen-bond donors (Lipinski definition) is 1. The molecule has 7 nitrogen and oxygen atoms in total. The first-order valence-electron chi connectivity index (χ1n) is 5.84. The highest BCUT2D eigenvalue weighted by atomic mass is 16.6. The molecule has 1 saturated carbocycles. The van der Waals surface area contributed by atoms with E-state index >= 15 is 0 Å². The standard InChI is InChI=1S/C12H16N2O5/c1-17-7-3-4-10(9(5-7)14(15)16)19-11-6-8(13)12(11)18-2/h3-5,8,11-12H,6,13H2,1-2H3. The van der Waals surface area contributed by atoms with Gasteiger partial charge in [-0.2, -0.15) is 0 Å². The second-order valence-corrected chi connectivity index (χ2v) is 4.35. The van der Waals surface area contributed by atoms with Gasteiger partial charge < -0.3 is 19.9 Å². The van der Waals surface area contributed by atoms with Crippen molar-refractivity contribution in [2.75, 3.05) is 14.2 Å². The third kappa shape index (κ3) is 2.61. The number of hydrogen-bond acceptors (Lipinski definition) is 6. The van der Waals surface area contributed by atoms with E-state index in [2.05, 4.69) is 0 Å². The monoisotopic (exact) mass is 268 g/mol. The zero-order valence-corrected chi connectivity index (χ0v) is 10.7. The van der Waals surface area contributed by atoms with E-state index in [4.69, 9.17) is 19.9 Å². The van der Waals surface area contributed by atoms with Crippen LogP contribution in [0.3, 0.4) is 0 Å². The minimum atomic E-state index is -0.502. The quantitative estimate of drug-likeness (QED) is 0.634. The van der Waals surface area contributed by atoms with E-state index in [1.807, 2.05) is 0 Å². The van der Waals surface area contributed by atoms with E-state index in [0.29, 0.717) is 12.2 Å². The second-order valence-electron chi connectivity index (χ2n) is 4.35. The molecule has 104 valence electrons. The molecular formula is C12H16N2O5. The number of rotatable bonds is 5. The van der Waals surface area contributed by atoms with Crippen molar-refractivity contribution >= 4 is 5.69 Å². The molecular weight excluding hydrogens is 252 g/mol. The summed E-state index contributed by atoms with van der Waals surface area (Å²) in [5.41, 5.74) is 5.63. The van der Waals surface area contributed by atoms with Gasteiger partial charge >= 0.3 is 5.69 Å². The maximum absolute atomic E-state index is 11.0. The lowest BCUT2D eigenvalue weighted by Crippen LogP contribution is -2.59. The van der Waals surface area contributed by atoms with E-state index in [9.17, 15) is 10.1 Å². The first-order valence-corrected chi connectivity index (χ1v) is 5.84. The van der Waals surface area contributed by atoms with Gasteiger partial charge in [-0.1, -0.05) is 0 Å². The maximum Gasteiger partial charge on any atom is 0.314 e. The SMILES string of the molecule is COc1ccc(OC2CC(N)C2OC)c([N+](=O)[O-])c1. The fourth-order valence-corrected chi connectivity index (χ4v) is 2.09. The van der Waals surface area contributed by atoms with Gasteiger partial charge in [0.25, 0.3) is 0 Å². The minimum absolute atomic E-state index is 0.0905. The molecule has 0 amide bonds. The molecule has 2 rings (SSSR count). The van der Waals surface area contributed by atoms with E-state index in [0.717, 1.165) is 0 Å². The van der Waals surface area contributed by atoms with Crippen LogP contribution in [0, 0.1) is 10.1 Å². The lowest BCUT2D eigenvalue weighted by molar-refractivity contribution is -0.386. The highest BCUT2D eigenvalue weighted by Gasteiger charge is 2.41. The summed E-state index contributed by atoms with van der Waals surface area (Å²) in [6, 6.07) is 4.37. The molecule has 0 aromatic heterocycles. The van der Waals surface area contributed by atoms with Crippen LogP contribution in [-0.4, -0.2) is 37.4 Å². The summed E-state index contributed by atoms with van der Waals surface area (Å²) in [6.07, 6.45) is 0.121. The first kappa shape index (κ1) is 13.6. The van der Waals surface area contributed by atoms with Crippen molar-refractivity contribution in [3.05, 3.63) is 28.3 Å². The van der Waals surface area contributed by atoms with Crippen molar-refractivity contribution < 1.29 is 19.1 Å². The molecule has 1 aliphatic rings. The van der Waals surface area contributed by atoms with Crippen LogP contribution in [0.15, 0.2) is 18.2 Å². The summed E-state index contributed by atoms with van der Waals surface area (Å²) in [5.74, 6) is 0.609. The molecule has 0 spiro atoms. The molecule has 7 heteroatoms. The Morgan fingerprint density at radius 2 is 2.16 bits per heavy atom. The molecule has 19 heavy (non-hydrogen) atoms. The molecule has 0 heterocycles. The van der Waals surface area contributed by atoms with Crippen molar-refractivity contribution in [2.24, 2.45) is 5.73 Å². The van der Waals surface area contributed by atoms with E-state index in [1.165, 1.54) is 19.2 Å². The Hall–Kier alpha value is -1.86. The molecule has 1 aromatic carbocycles. The lowest BCUT2D eigenvalue weighted by Gasteiger charge is -2.40. The van der Waals surface area contributed by atoms with Gasteiger partial charge in [-0.3, -0.25) is 10.1 Å². The normalized spacial score (nSPS) is 25.5. The summed E-state index contributed by atoms with van der Waals surface area (Å²) in [4.78, 5) is 10.5. The highest BCUT2D eigenvalue weighted by Crippen LogP contribution is 2.35. The number of benzene rings is 1. The number of nitro groups is 1. The number of nitro benzene ring substituents is 1. The Labute approximate surface area is 110 Å². The average molecular weight is 268 g/mol. The predicted octanol–water partition coefficient (Wildman–Crippen LogP) is 1.10. The Morgan fingerprint density at radius 3 is 2.68 bits per heavy atom. The smallest absolute Gasteiger partial charge is 0.314 e. The molecule has 0 aliphatic heterocycles. The van der Waals surface area contributed by atoms with Gasteiger partial charge in [0, 0.05) is 19.6 Å². The molecule has 1 fully saturated rings. The summed E-state index contributed by atoms with van der Waals surface area (Å²) in [5, 5.41) is 11.0. The summed E-state index contributed by atoms with van der Waals surface area (Å²) < 4.78 is 15.8. The van der Waals surface area contributed by atoms with Gasteiger partial charge in [-0.25, -0.2) is 0 Å². The minimum Gasteiger partial charge on any atom is -0.496 e. The number of nitrogens with two attached hydrogens (primary N) is 1. The Balaban J connectivity index is 2.18. The fraction of sp³-hybridized carbons (Fsp3) is 0.500. The Kier molecular flexibility index (Phi) is 3.87. The molecule has 0 radical (unpaired) electrons. The van der Waals surface area contributed by atoms with Gasteiger partial charge in [0.1, 0.15) is 18.0 Å². The number of methoxy groups -OCH3 is 2. The second kappa shape index (κ2) is 5.41. The zero-order valence-electron chi connectivity index (χ0n) is 10.7. The number of ether oxygens (including phenoxy) is 3. The molecule has 3 unspecified atom stereocenters. The first-order chi connectivity index (χ1) is 9.06. The lowest BCUT2D eigenvalue weighted by atomic mass is 9.86. The molecule has 0 bridgehead atoms. The van der Waals surface area contributed by atoms with Gasteiger partial charge in [0.15, 0.2) is 5.75 Å². The van der Waals surface area contributed by atoms with E-state index in [-0.39, 0.29) is 29.7 Å². The molecule has 2 N–H and O–H groups in total. The molecule has 0 saturated heterocycles. The van der Waals surface area contributed by atoms with E-state index in [1.54, 1.807) is 13.2 Å². The third-order valence-corrected chi connectivity index (χ3v) is 3.21. The van der Waals surface area contributed by atoms with Crippen molar-refractivity contribution in [1.29, 1.82) is 0 Å². The molecule has 1 aliphatic carbocycles. The Bertz CT molecular complexity index is 479. The van der Waals surface area contributed by atoms with Crippen LogP contribution in [0.2, 0.25) is 0 Å². The third-order valence-electron chi connectivity index (χ3n) is 3.21. The van der Waals surface area contributed by atoms with Crippen LogP contribution in [0.5, 0.6) is 11.5 Å². The van der Waals surface area contributed by atoms with Gasteiger partial charge in [-0.05, 0) is 12.1 Å². The van der Waals surface area contributed by atoms with Crippen LogP contribution < -0.4 is 15.2 Å². The van der Waals surface area contributed by atoms with Gasteiger partial charge in [-0.15, -0.1) is 0 Å². The zero-order chi connectivity index (χ0) is 14.0. The van der Waals surface area contributed by atoms with Crippen molar-refractivity contribution in [2.45, 2.75) is 24.7 Å². The van der Waals surface area contributed by atoms with Crippen molar-refractivity contribution in [3.8, 4) is 11.5 Å². The summed E-state index contributed by atoms with van der Waals surface area (Å²) >= 11 is 0. The maximum atomic E-state index is 11.0.